The fourth-order valence-corrected chi connectivity index (χ4v) is 4.02. The topological polar surface area (TPSA) is 91.0 Å². The lowest BCUT2D eigenvalue weighted by molar-refractivity contribution is -0.137. The number of para-hydroxylation sites is 1. The first kappa shape index (κ1) is 23.6. The Labute approximate surface area is 192 Å². The highest BCUT2D eigenvalue weighted by atomic mass is 35.5. The molecule has 0 aliphatic carbocycles. The first-order valence-corrected chi connectivity index (χ1v) is 10.4. The summed E-state index contributed by atoms with van der Waals surface area (Å²) >= 11 is 6.30. The third-order valence-corrected chi connectivity index (χ3v) is 5.73. The van der Waals surface area contributed by atoms with Gasteiger partial charge < -0.3 is 19.9 Å². The number of amides is 3. The molecule has 1 heterocycles. The highest BCUT2D eigenvalue weighted by Crippen LogP contribution is 2.45. The lowest BCUT2D eigenvalue weighted by Crippen LogP contribution is -2.58. The third-order valence-electron chi connectivity index (χ3n) is 5.49. The maximum Gasteiger partial charge on any atom is 0.254 e. The summed E-state index contributed by atoms with van der Waals surface area (Å²) in [6, 6.07) is 11.2. The van der Waals surface area contributed by atoms with Crippen LogP contribution in [0, 0.1) is 0 Å². The molecule has 8 nitrogen and oxygen atoms in total. The van der Waals surface area contributed by atoms with Crippen LogP contribution in [-0.2, 0) is 19.9 Å². The number of halogens is 1. The van der Waals surface area contributed by atoms with Crippen molar-refractivity contribution < 1.29 is 19.1 Å². The number of nitrogens with zero attached hydrogens (tertiary/aromatic N) is 2. The maximum atomic E-state index is 13.6. The zero-order chi connectivity index (χ0) is 23.6. The molecule has 170 valence electrons. The monoisotopic (exact) mass is 458 g/mol. The molecule has 2 aromatic carbocycles. The van der Waals surface area contributed by atoms with Crippen molar-refractivity contribution in [3.8, 4) is 5.75 Å². The van der Waals surface area contributed by atoms with Crippen molar-refractivity contribution in [1.82, 2.24) is 15.1 Å². The Morgan fingerprint density at radius 2 is 1.78 bits per heavy atom. The Morgan fingerprint density at radius 1 is 1.09 bits per heavy atom. The smallest absolute Gasteiger partial charge is 0.254 e. The first-order chi connectivity index (χ1) is 15.1. The minimum absolute atomic E-state index is 0.135. The number of nitrogens with one attached hydrogen (secondary N) is 2. The van der Waals surface area contributed by atoms with Crippen LogP contribution in [0.2, 0.25) is 5.02 Å². The largest absolute Gasteiger partial charge is 0.496 e. The lowest BCUT2D eigenvalue weighted by Gasteiger charge is -2.35. The van der Waals surface area contributed by atoms with Crippen LogP contribution < -0.4 is 15.4 Å². The second kappa shape index (κ2) is 9.18. The highest BCUT2D eigenvalue weighted by molar-refractivity contribution is 6.31. The molecule has 0 saturated carbocycles. The summed E-state index contributed by atoms with van der Waals surface area (Å²) in [4.78, 5) is 42.1. The summed E-state index contributed by atoms with van der Waals surface area (Å²) in [6.45, 7) is 0. The third kappa shape index (κ3) is 4.16. The van der Waals surface area contributed by atoms with Crippen LogP contribution in [0.5, 0.6) is 5.75 Å². The van der Waals surface area contributed by atoms with Crippen molar-refractivity contribution >= 4 is 35.0 Å². The number of likely N-dealkylation sites (N-methyl/N-ethyl adjacent to an activating group) is 1. The molecule has 9 heteroatoms. The van der Waals surface area contributed by atoms with E-state index in [9.17, 15) is 14.4 Å². The summed E-state index contributed by atoms with van der Waals surface area (Å²) in [5.41, 5.74) is 0.117. The molecule has 0 radical (unpaired) electrons. The van der Waals surface area contributed by atoms with Gasteiger partial charge in [0.25, 0.3) is 5.91 Å². The van der Waals surface area contributed by atoms with Gasteiger partial charge in [-0.05, 0) is 24.3 Å². The fourth-order valence-electron chi connectivity index (χ4n) is 3.85. The zero-order valence-electron chi connectivity index (χ0n) is 18.7. The maximum absolute atomic E-state index is 13.6. The quantitative estimate of drug-likeness (QED) is 0.662. The molecule has 0 saturated heterocycles. The first-order valence-electron chi connectivity index (χ1n) is 10.1. The van der Waals surface area contributed by atoms with Gasteiger partial charge in [-0.15, -0.1) is 0 Å². The van der Waals surface area contributed by atoms with Gasteiger partial charge in [-0.3, -0.25) is 19.7 Å². The Hall–Kier alpha value is -3.10. The normalized spacial score (nSPS) is 17.9. The van der Waals surface area contributed by atoms with E-state index in [4.69, 9.17) is 16.3 Å². The molecular formula is C23H27ClN4O4. The predicted octanol–water partition coefficient (Wildman–Crippen LogP) is 2.07. The fraction of sp³-hybridized carbons (Fsp3) is 0.348. The number of benzene rings is 2. The van der Waals surface area contributed by atoms with E-state index in [1.54, 1.807) is 70.7 Å². The van der Waals surface area contributed by atoms with Gasteiger partial charge in [0.2, 0.25) is 11.8 Å². The molecular weight excluding hydrogens is 432 g/mol. The van der Waals surface area contributed by atoms with Crippen LogP contribution in [0.1, 0.15) is 17.5 Å². The predicted molar refractivity (Wildman–Crippen MR) is 123 cm³/mol. The van der Waals surface area contributed by atoms with Gasteiger partial charge in [-0.2, -0.15) is 0 Å². The minimum atomic E-state index is -1.50. The summed E-state index contributed by atoms with van der Waals surface area (Å²) in [7, 11) is 7.95. The second-order valence-electron chi connectivity index (χ2n) is 8.02. The van der Waals surface area contributed by atoms with Crippen molar-refractivity contribution in [2.75, 3.05) is 40.6 Å². The van der Waals surface area contributed by atoms with Gasteiger partial charge in [0.15, 0.2) is 5.54 Å². The van der Waals surface area contributed by atoms with Gasteiger partial charge in [-0.1, -0.05) is 29.8 Å². The molecule has 0 aromatic heterocycles. The van der Waals surface area contributed by atoms with Crippen LogP contribution in [-0.4, -0.2) is 68.9 Å². The molecule has 0 bridgehead atoms. The van der Waals surface area contributed by atoms with Crippen molar-refractivity contribution in [3.63, 3.8) is 0 Å². The van der Waals surface area contributed by atoms with Crippen LogP contribution >= 0.6 is 11.6 Å². The van der Waals surface area contributed by atoms with E-state index in [1.165, 1.54) is 16.9 Å². The molecule has 2 aromatic rings. The highest BCUT2D eigenvalue weighted by Gasteiger charge is 2.52. The Morgan fingerprint density at radius 3 is 2.41 bits per heavy atom. The molecule has 32 heavy (non-hydrogen) atoms. The standard InChI is InChI=1S/C23H27ClN4O4/c1-27(2)20(29)13-18(21(30)28(3)4)26-23(15-8-6-7-9-19(15)32-5)16-12-14(24)10-11-17(16)25-22(23)31/h6-12,18,26H,13H2,1-5H3,(H,25,31)/t18-,23?/m0/s1. The number of hydrogen-bond acceptors (Lipinski definition) is 5. The van der Waals surface area contributed by atoms with E-state index < -0.39 is 17.5 Å². The molecule has 2 atom stereocenters. The number of methoxy groups -OCH3 is 1. The summed E-state index contributed by atoms with van der Waals surface area (Å²) in [5.74, 6) is -0.526. The van der Waals surface area contributed by atoms with E-state index in [0.717, 1.165) is 0 Å². The van der Waals surface area contributed by atoms with E-state index in [2.05, 4.69) is 10.6 Å². The Bertz CT molecular complexity index is 1060. The van der Waals surface area contributed by atoms with Crippen molar-refractivity contribution in [2.45, 2.75) is 18.0 Å². The Kier molecular flexibility index (Phi) is 6.76. The molecule has 0 fully saturated rings. The van der Waals surface area contributed by atoms with Gasteiger partial charge in [0.1, 0.15) is 5.75 Å². The van der Waals surface area contributed by atoms with E-state index in [1.807, 2.05) is 0 Å². The molecule has 1 unspecified atom stereocenters. The SMILES string of the molecule is COc1ccccc1C1(N[C@@H](CC(=O)N(C)C)C(=O)N(C)C)C(=O)Nc2ccc(Cl)cc21. The zero-order valence-corrected chi connectivity index (χ0v) is 19.5. The number of rotatable bonds is 7. The number of fused-ring (bicyclic) bond motifs is 1. The van der Waals surface area contributed by atoms with E-state index in [-0.39, 0.29) is 18.2 Å². The van der Waals surface area contributed by atoms with Gasteiger partial charge in [0, 0.05) is 50.0 Å². The summed E-state index contributed by atoms with van der Waals surface area (Å²) in [6.07, 6.45) is -0.135. The molecule has 0 spiro atoms. The molecule has 1 aliphatic heterocycles. The summed E-state index contributed by atoms with van der Waals surface area (Å²) < 4.78 is 5.56. The van der Waals surface area contributed by atoms with Crippen LogP contribution in [0.4, 0.5) is 5.69 Å². The Balaban J connectivity index is 2.24. The van der Waals surface area contributed by atoms with Gasteiger partial charge >= 0.3 is 0 Å². The molecule has 1 aliphatic rings. The van der Waals surface area contributed by atoms with Crippen molar-refractivity contribution in [2.24, 2.45) is 0 Å². The van der Waals surface area contributed by atoms with Crippen LogP contribution in [0.3, 0.4) is 0 Å². The number of hydrogen-bond donors (Lipinski definition) is 2. The number of carbonyl (C=O) groups is 3. The van der Waals surface area contributed by atoms with Gasteiger partial charge in [0.05, 0.1) is 19.6 Å². The molecule has 3 amide bonds. The average molecular weight is 459 g/mol. The van der Waals surface area contributed by atoms with Crippen molar-refractivity contribution in [1.29, 1.82) is 0 Å². The minimum Gasteiger partial charge on any atom is -0.496 e. The van der Waals surface area contributed by atoms with Gasteiger partial charge in [-0.25, -0.2) is 0 Å². The van der Waals surface area contributed by atoms with E-state index >= 15 is 0 Å². The number of anilines is 1. The van der Waals surface area contributed by atoms with Crippen LogP contribution in [0.25, 0.3) is 0 Å². The van der Waals surface area contributed by atoms with Crippen molar-refractivity contribution in [3.05, 3.63) is 58.6 Å². The lowest BCUT2D eigenvalue weighted by atomic mass is 9.82. The number of ether oxygens (including phenoxy) is 1. The average Bonchev–Trinajstić information content (AvgIpc) is 3.03. The number of carbonyl (C=O) groups excluding carboxylic acids is 3. The van der Waals surface area contributed by atoms with Crippen LogP contribution in [0.15, 0.2) is 42.5 Å². The molecule has 3 rings (SSSR count). The van der Waals surface area contributed by atoms with E-state index in [0.29, 0.717) is 27.6 Å². The molecule has 2 N–H and O–H groups in total. The summed E-state index contributed by atoms with van der Waals surface area (Å²) in [5, 5.41) is 6.54. The second-order valence-corrected chi connectivity index (χ2v) is 8.45.